The van der Waals surface area contributed by atoms with Crippen molar-refractivity contribution in [3.8, 4) is 0 Å². The second kappa shape index (κ2) is 5.27. The van der Waals surface area contributed by atoms with E-state index in [-0.39, 0.29) is 0 Å². The third-order valence-electron chi connectivity index (χ3n) is 3.47. The van der Waals surface area contributed by atoms with E-state index in [1.54, 1.807) is 6.33 Å². The van der Waals surface area contributed by atoms with E-state index in [2.05, 4.69) is 15.0 Å². The lowest BCUT2D eigenvalue weighted by atomic mass is 10.1. The van der Waals surface area contributed by atoms with Crippen molar-refractivity contribution in [1.29, 1.82) is 0 Å². The molecule has 7 heteroatoms. The van der Waals surface area contributed by atoms with Crippen LogP contribution in [-0.4, -0.2) is 38.5 Å². The average molecular weight is 297 g/mol. The second-order valence-corrected chi connectivity index (χ2v) is 5.81. The van der Waals surface area contributed by atoms with Gasteiger partial charge in [0.25, 0.3) is 0 Å². The molecule has 0 saturated carbocycles. The van der Waals surface area contributed by atoms with Gasteiger partial charge in [-0.2, -0.15) is 0 Å². The molecular weight excluding hydrogens is 280 g/mol. The standard InChI is InChI=1S/C13H17ClN4O2/c1-13(2)19-5-9(6-20-13)3-4-18-8-17-10-11(14)15-7-16-12(10)18/h7-9H,3-6H2,1-2H3. The lowest BCUT2D eigenvalue weighted by molar-refractivity contribution is -0.262. The molecule has 0 N–H and O–H groups in total. The van der Waals surface area contributed by atoms with E-state index in [1.165, 1.54) is 6.33 Å². The largest absolute Gasteiger partial charge is 0.350 e. The highest BCUT2D eigenvalue weighted by molar-refractivity contribution is 6.33. The molecule has 0 aliphatic carbocycles. The molecule has 1 fully saturated rings. The highest BCUT2D eigenvalue weighted by Gasteiger charge is 2.28. The maximum Gasteiger partial charge on any atom is 0.164 e. The third kappa shape index (κ3) is 2.77. The minimum Gasteiger partial charge on any atom is -0.350 e. The number of aromatic nitrogens is 4. The van der Waals surface area contributed by atoms with Crippen molar-refractivity contribution in [3.63, 3.8) is 0 Å². The number of hydrogen-bond acceptors (Lipinski definition) is 5. The Morgan fingerprint density at radius 1 is 1.30 bits per heavy atom. The van der Waals surface area contributed by atoms with Crippen molar-refractivity contribution in [2.24, 2.45) is 5.92 Å². The summed E-state index contributed by atoms with van der Waals surface area (Å²) in [5.41, 5.74) is 1.41. The summed E-state index contributed by atoms with van der Waals surface area (Å²) in [7, 11) is 0. The Balaban J connectivity index is 1.65. The lowest BCUT2D eigenvalue weighted by Crippen LogP contribution is -2.39. The molecule has 1 aliphatic heterocycles. The fourth-order valence-corrected chi connectivity index (χ4v) is 2.41. The first-order valence-corrected chi connectivity index (χ1v) is 7.02. The molecule has 2 aromatic rings. The number of aryl methyl sites for hydroxylation is 1. The topological polar surface area (TPSA) is 62.1 Å². The van der Waals surface area contributed by atoms with E-state index in [0.29, 0.717) is 16.6 Å². The van der Waals surface area contributed by atoms with Crippen LogP contribution >= 0.6 is 11.6 Å². The number of imidazole rings is 1. The number of hydrogen-bond donors (Lipinski definition) is 0. The van der Waals surface area contributed by atoms with Gasteiger partial charge in [0.15, 0.2) is 16.6 Å². The molecule has 108 valence electrons. The molecule has 3 rings (SSSR count). The number of rotatable bonds is 3. The molecule has 0 unspecified atom stereocenters. The second-order valence-electron chi connectivity index (χ2n) is 5.45. The highest BCUT2D eigenvalue weighted by Crippen LogP contribution is 2.23. The van der Waals surface area contributed by atoms with Crippen LogP contribution in [0.2, 0.25) is 5.15 Å². The first-order valence-electron chi connectivity index (χ1n) is 6.64. The van der Waals surface area contributed by atoms with E-state index >= 15 is 0 Å². The molecule has 2 aromatic heterocycles. The molecule has 0 atom stereocenters. The summed E-state index contributed by atoms with van der Waals surface area (Å²) in [6.07, 6.45) is 4.15. The van der Waals surface area contributed by atoms with Crippen LogP contribution in [0, 0.1) is 5.92 Å². The zero-order chi connectivity index (χ0) is 14.2. The van der Waals surface area contributed by atoms with Crippen LogP contribution in [-0.2, 0) is 16.0 Å². The Bertz CT molecular complexity index is 603. The number of ether oxygens (including phenoxy) is 2. The summed E-state index contributed by atoms with van der Waals surface area (Å²) >= 11 is 5.98. The van der Waals surface area contributed by atoms with Gasteiger partial charge in [-0.15, -0.1) is 0 Å². The monoisotopic (exact) mass is 296 g/mol. The van der Waals surface area contributed by atoms with Gasteiger partial charge in [0.2, 0.25) is 0 Å². The zero-order valence-corrected chi connectivity index (χ0v) is 12.3. The fraction of sp³-hybridized carbons (Fsp3) is 0.615. The quantitative estimate of drug-likeness (QED) is 0.813. The lowest BCUT2D eigenvalue weighted by Gasteiger charge is -2.35. The van der Waals surface area contributed by atoms with Crippen molar-refractivity contribution >= 4 is 22.8 Å². The third-order valence-corrected chi connectivity index (χ3v) is 3.74. The van der Waals surface area contributed by atoms with Crippen LogP contribution in [0.15, 0.2) is 12.7 Å². The summed E-state index contributed by atoms with van der Waals surface area (Å²) in [5, 5.41) is 0.389. The summed E-state index contributed by atoms with van der Waals surface area (Å²) < 4.78 is 13.3. The predicted molar refractivity (Wildman–Crippen MR) is 74.4 cm³/mol. The van der Waals surface area contributed by atoms with Gasteiger partial charge in [-0.25, -0.2) is 15.0 Å². The Hall–Kier alpha value is -1.24. The smallest absolute Gasteiger partial charge is 0.164 e. The Labute approximate surface area is 122 Å². The van der Waals surface area contributed by atoms with Crippen molar-refractivity contribution in [1.82, 2.24) is 19.5 Å². The van der Waals surface area contributed by atoms with E-state index in [0.717, 1.165) is 31.8 Å². The predicted octanol–water partition coefficient (Wildman–Crippen LogP) is 2.27. The summed E-state index contributed by atoms with van der Waals surface area (Å²) in [5.74, 6) is -0.0725. The van der Waals surface area contributed by atoms with Crippen LogP contribution in [0.4, 0.5) is 0 Å². The van der Waals surface area contributed by atoms with Crippen LogP contribution in [0.3, 0.4) is 0 Å². The maximum atomic E-state index is 5.98. The first kappa shape index (κ1) is 13.7. The van der Waals surface area contributed by atoms with Gasteiger partial charge in [-0.05, 0) is 20.3 Å². The van der Waals surface area contributed by atoms with E-state index < -0.39 is 5.79 Å². The molecule has 0 aromatic carbocycles. The molecule has 0 radical (unpaired) electrons. The van der Waals surface area contributed by atoms with E-state index in [4.69, 9.17) is 21.1 Å². The van der Waals surface area contributed by atoms with Crippen LogP contribution < -0.4 is 0 Å². The molecule has 1 aliphatic rings. The van der Waals surface area contributed by atoms with Gasteiger partial charge in [-0.3, -0.25) is 0 Å². The van der Waals surface area contributed by atoms with Gasteiger partial charge in [0, 0.05) is 12.5 Å². The van der Waals surface area contributed by atoms with Gasteiger partial charge >= 0.3 is 0 Å². The highest BCUT2D eigenvalue weighted by atomic mass is 35.5. The van der Waals surface area contributed by atoms with Crippen LogP contribution in [0.5, 0.6) is 0 Å². The zero-order valence-electron chi connectivity index (χ0n) is 11.5. The van der Waals surface area contributed by atoms with Crippen molar-refractivity contribution in [2.75, 3.05) is 13.2 Å². The molecule has 0 bridgehead atoms. The van der Waals surface area contributed by atoms with Crippen molar-refractivity contribution in [3.05, 3.63) is 17.8 Å². The molecule has 6 nitrogen and oxygen atoms in total. The maximum absolute atomic E-state index is 5.98. The Morgan fingerprint density at radius 3 is 2.80 bits per heavy atom. The minimum absolute atomic E-state index is 0.387. The fourth-order valence-electron chi connectivity index (χ4n) is 2.23. The van der Waals surface area contributed by atoms with E-state index in [9.17, 15) is 0 Å². The summed E-state index contributed by atoms with van der Waals surface area (Å²) in [6, 6.07) is 0. The number of nitrogens with zero attached hydrogens (tertiary/aromatic N) is 4. The first-order chi connectivity index (χ1) is 9.55. The minimum atomic E-state index is -0.459. The van der Waals surface area contributed by atoms with E-state index in [1.807, 2.05) is 18.4 Å². The molecule has 3 heterocycles. The van der Waals surface area contributed by atoms with Gasteiger partial charge in [0.1, 0.15) is 11.8 Å². The van der Waals surface area contributed by atoms with Crippen LogP contribution in [0.1, 0.15) is 20.3 Å². The summed E-state index contributed by atoms with van der Waals surface area (Å²) in [6.45, 7) is 6.11. The molecule has 0 spiro atoms. The van der Waals surface area contributed by atoms with Crippen molar-refractivity contribution < 1.29 is 9.47 Å². The molecular formula is C13H17ClN4O2. The normalized spacial score (nSPS) is 19.6. The number of fused-ring (bicyclic) bond motifs is 1. The molecule has 20 heavy (non-hydrogen) atoms. The van der Waals surface area contributed by atoms with Gasteiger partial charge < -0.3 is 14.0 Å². The average Bonchev–Trinajstić information content (AvgIpc) is 2.82. The van der Waals surface area contributed by atoms with Gasteiger partial charge in [0.05, 0.1) is 19.5 Å². The number of halogens is 1. The van der Waals surface area contributed by atoms with Gasteiger partial charge in [-0.1, -0.05) is 11.6 Å². The van der Waals surface area contributed by atoms with Crippen molar-refractivity contribution in [2.45, 2.75) is 32.6 Å². The molecule has 1 saturated heterocycles. The Morgan fingerprint density at radius 2 is 2.05 bits per heavy atom. The Kier molecular flexibility index (Phi) is 3.62. The molecule has 0 amide bonds. The van der Waals surface area contributed by atoms with Crippen LogP contribution in [0.25, 0.3) is 11.2 Å². The summed E-state index contributed by atoms with van der Waals surface area (Å²) in [4.78, 5) is 12.4. The SMILES string of the molecule is CC1(C)OCC(CCn2cnc3c(Cl)ncnc32)CO1.